The molecule has 3 rings (SSSR count). The molecule has 6 nitrogen and oxygen atoms in total. The Labute approximate surface area is 146 Å². The van der Waals surface area contributed by atoms with Gasteiger partial charge >= 0.3 is 6.03 Å². The van der Waals surface area contributed by atoms with E-state index in [4.69, 9.17) is 0 Å². The van der Waals surface area contributed by atoms with Gasteiger partial charge in [-0.1, -0.05) is 13.8 Å². The Balaban J connectivity index is 1.49. The second kappa shape index (κ2) is 7.79. The number of urea groups is 1. The van der Waals surface area contributed by atoms with Gasteiger partial charge in [-0.05, 0) is 18.8 Å². The number of nitrogens with zero attached hydrogens (tertiary/aromatic N) is 4. The lowest BCUT2D eigenvalue weighted by molar-refractivity contribution is 0.140. The molecule has 0 spiro atoms. The van der Waals surface area contributed by atoms with Crippen molar-refractivity contribution in [1.29, 1.82) is 0 Å². The van der Waals surface area contributed by atoms with Crippen LogP contribution in [0.2, 0.25) is 0 Å². The van der Waals surface area contributed by atoms with Gasteiger partial charge in [-0.3, -0.25) is 0 Å². The number of imidazole rings is 1. The fraction of sp³-hybridized carbons (Fsp3) is 0.588. The highest BCUT2D eigenvalue weighted by atomic mass is 32.1. The molecule has 1 N–H and O–H groups in total. The number of hydrogen-bond acceptors (Lipinski definition) is 4. The van der Waals surface area contributed by atoms with Crippen molar-refractivity contribution >= 4 is 17.4 Å². The quantitative estimate of drug-likeness (QED) is 0.904. The van der Waals surface area contributed by atoms with Crippen molar-refractivity contribution in [3.8, 4) is 0 Å². The highest BCUT2D eigenvalue weighted by Crippen LogP contribution is 2.27. The molecule has 1 fully saturated rings. The number of likely N-dealkylation sites (tertiary alicyclic amines) is 1. The maximum atomic E-state index is 12.4. The zero-order valence-corrected chi connectivity index (χ0v) is 15.1. The summed E-state index contributed by atoms with van der Waals surface area (Å²) in [5.74, 6) is 0.547. The average molecular weight is 347 g/mol. The smallest absolute Gasteiger partial charge is 0.317 e. The van der Waals surface area contributed by atoms with Crippen molar-refractivity contribution in [3.05, 3.63) is 34.8 Å². The minimum Gasteiger partial charge on any atom is -0.338 e. The summed E-state index contributed by atoms with van der Waals surface area (Å²) in [4.78, 5) is 24.2. The van der Waals surface area contributed by atoms with Gasteiger partial charge < -0.3 is 14.8 Å². The molecule has 0 unspecified atom stereocenters. The Bertz CT molecular complexity index is 654. The molecule has 24 heavy (non-hydrogen) atoms. The molecule has 130 valence electrons. The van der Waals surface area contributed by atoms with Gasteiger partial charge in [0.05, 0.1) is 17.4 Å². The van der Waals surface area contributed by atoms with Crippen LogP contribution in [0, 0.1) is 5.92 Å². The largest absolute Gasteiger partial charge is 0.338 e. The van der Waals surface area contributed by atoms with E-state index in [0.717, 1.165) is 37.4 Å². The Morgan fingerprint density at radius 3 is 3.08 bits per heavy atom. The first kappa shape index (κ1) is 17.0. The van der Waals surface area contributed by atoms with Crippen molar-refractivity contribution < 1.29 is 4.79 Å². The first-order valence-corrected chi connectivity index (χ1v) is 9.42. The van der Waals surface area contributed by atoms with Gasteiger partial charge in [0.1, 0.15) is 0 Å². The molecule has 1 aliphatic heterocycles. The van der Waals surface area contributed by atoms with Gasteiger partial charge in [0, 0.05) is 49.5 Å². The van der Waals surface area contributed by atoms with Gasteiger partial charge in [-0.15, -0.1) is 11.3 Å². The molecule has 0 aromatic carbocycles. The number of carbonyl (C=O) groups excluding carboxylic acids is 1. The van der Waals surface area contributed by atoms with E-state index in [-0.39, 0.29) is 6.03 Å². The Hall–Kier alpha value is -1.89. The fourth-order valence-electron chi connectivity index (χ4n) is 3.10. The van der Waals surface area contributed by atoms with Gasteiger partial charge in [-0.25, -0.2) is 14.8 Å². The molecular weight excluding hydrogens is 322 g/mol. The third kappa shape index (κ3) is 3.95. The van der Waals surface area contributed by atoms with Crippen LogP contribution in [0.4, 0.5) is 4.79 Å². The molecule has 0 aliphatic carbocycles. The predicted octanol–water partition coefficient (Wildman–Crippen LogP) is 2.74. The van der Waals surface area contributed by atoms with Crippen molar-refractivity contribution in [3.63, 3.8) is 0 Å². The van der Waals surface area contributed by atoms with Crippen LogP contribution in [0.25, 0.3) is 0 Å². The number of amides is 2. The summed E-state index contributed by atoms with van der Waals surface area (Å²) in [6.07, 6.45) is 10.4. The van der Waals surface area contributed by atoms with Crippen molar-refractivity contribution in [2.45, 2.75) is 39.2 Å². The molecular formula is C17H25N5OS. The van der Waals surface area contributed by atoms with Gasteiger partial charge in [0.2, 0.25) is 0 Å². The van der Waals surface area contributed by atoms with Crippen LogP contribution in [0.3, 0.4) is 0 Å². The first-order valence-electron chi connectivity index (χ1n) is 8.61. The lowest BCUT2D eigenvalue weighted by Gasteiger charge is -2.37. The average Bonchev–Trinajstić information content (AvgIpc) is 3.26. The van der Waals surface area contributed by atoms with Crippen LogP contribution in [0.5, 0.6) is 0 Å². The predicted molar refractivity (Wildman–Crippen MR) is 95.2 cm³/mol. The maximum Gasteiger partial charge on any atom is 0.317 e. The van der Waals surface area contributed by atoms with Crippen LogP contribution in [-0.4, -0.2) is 45.1 Å². The van der Waals surface area contributed by atoms with Crippen molar-refractivity contribution in [1.82, 2.24) is 24.8 Å². The zero-order valence-electron chi connectivity index (χ0n) is 14.3. The number of rotatable bonds is 5. The summed E-state index contributed by atoms with van der Waals surface area (Å²) >= 11 is 1.73. The van der Waals surface area contributed by atoms with Gasteiger partial charge in [0.25, 0.3) is 0 Å². The van der Waals surface area contributed by atoms with Crippen LogP contribution in [0.15, 0.2) is 24.9 Å². The molecule has 0 bridgehead atoms. The molecule has 2 atom stereocenters. The minimum atomic E-state index is 0.0271. The number of piperidine rings is 1. The number of aromatic nitrogens is 3. The van der Waals surface area contributed by atoms with E-state index >= 15 is 0 Å². The minimum absolute atomic E-state index is 0.0271. The zero-order chi connectivity index (χ0) is 16.9. The van der Waals surface area contributed by atoms with E-state index < -0.39 is 0 Å². The summed E-state index contributed by atoms with van der Waals surface area (Å²) in [5, 5.41) is 4.13. The molecule has 0 saturated carbocycles. The fourth-order valence-corrected chi connectivity index (χ4v) is 3.96. The molecule has 0 radical (unpaired) electrons. The van der Waals surface area contributed by atoms with Gasteiger partial charge in [0.15, 0.2) is 0 Å². The Morgan fingerprint density at radius 1 is 1.50 bits per heavy atom. The molecule has 7 heteroatoms. The van der Waals surface area contributed by atoms with E-state index in [1.165, 1.54) is 4.88 Å². The topological polar surface area (TPSA) is 63.1 Å². The van der Waals surface area contributed by atoms with E-state index in [1.807, 2.05) is 23.6 Å². The summed E-state index contributed by atoms with van der Waals surface area (Å²) in [7, 11) is 0. The van der Waals surface area contributed by atoms with Crippen LogP contribution in [0.1, 0.15) is 36.2 Å². The summed E-state index contributed by atoms with van der Waals surface area (Å²) in [6.45, 7) is 6.56. The van der Waals surface area contributed by atoms with Crippen LogP contribution >= 0.6 is 11.3 Å². The molecule has 2 aromatic rings. The lowest BCUT2D eigenvalue weighted by atomic mass is 9.93. The Kier molecular flexibility index (Phi) is 5.50. The number of thiazole rings is 1. The van der Waals surface area contributed by atoms with Crippen LogP contribution < -0.4 is 5.32 Å². The second-order valence-electron chi connectivity index (χ2n) is 6.35. The number of aryl methyl sites for hydroxylation is 1. The number of hydrogen-bond donors (Lipinski definition) is 1. The van der Waals surface area contributed by atoms with Gasteiger partial charge in [-0.2, -0.15) is 0 Å². The summed E-state index contributed by atoms with van der Waals surface area (Å²) < 4.78 is 2.12. The van der Waals surface area contributed by atoms with E-state index in [2.05, 4.69) is 33.7 Å². The summed E-state index contributed by atoms with van der Waals surface area (Å²) in [6, 6.07) is 0.331. The third-order valence-electron chi connectivity index (χ3n) is 4.68. The SMILES string of the molecule is CCc1cnc(CCNC(=O)N2CC[C@H](C)[C@@H](n3ccnc3)C2)s1. The normalized spacial score (nSPS) is 21.0. The Morgan fingerprint density at radius 2 is 2.38 bits per heavy atom. The molecule has 2 amide bonds. The van der Waals surface area contributed by atoms with E-state index in [9.17, 15) is 4.79 Å². The highest BCUT2D eigenvalue weighted by Gasteiger charge is 2.29. The molecule has 1 saturated heterocycles. The van der Waals surface area contributed by atoms with Crippen LogP contribution in [-0.2, 0) is 12.8 Å². The standard InChI is InChI=1S/C17H25N5OS/c1-3-14-10-20-16(24-14)4-6-19-17(23)21-8-5-13(2)15(11-21)22-9-7-18-12-22/h7,9-10,12-13,15H,3-6,8,11H2,1-2H3,(H,19,23)/t13-,15-/m0/s1. The second-order valence-corrected chi connectivity index (χ2v) is 7.54. The van der Waals surface area contributed by atoms with Crippen molar-refractivity contribution in [2.75, 3.05) is 19.6 Å². The van der Waals surface area contributed by atoms with Crippen molar-refractivity contribution in [2.24, 2.45) is 5.92 Å². The molecule has 2 aromatic heterocycles. The molecule has 3 heterocycles. The lowest BCUT2D eigenvalue weighted by Crippen LogP contribution is -2.48. The maximum absolute atomic E-state index is 12.4. The van der Waals surface area contributed by atoms with E-state index in [1.54, 1.807) is 17.5 Å². The molecule has 1 aliphatic rings. The highest BCUT2D eigenvalue weighted by molar-refractivity contribution is 7.11. The number of carbonyl (C=O) groups is 1. The monoisotopic (exact) mass is 347 g/mol. The number of nitrogens with one attached hydrogen (secondary N) is 1. The first-order chi connectivity index (χ1) is 11.7. The summed E-state index contributed by atoms with van der Waals surface area (Å²) in [5.41, 5.74) is 0. The van der Waals surface area contributed by atoms with E-state index in [0.29, 0.717) is 18.5 Å². The third-order valence-corrected chi connectivity index (χ3v) is 5.88.